The van der Waals surface area contributed by atoms with Crippen LogP contribution in [0.15, 0.2) is 59.1 Å². The molecule has 3 rings (SSSR count). The highest BCUT2D eigenvalue weighted by molar-refractivity contribution is 9.10. The van der Waals surface area contributed by atoms with Gasteiger partial charge in [0, 0.05) is 11.9 Å². The molecule has 1 aromatic heterocycles. The van der Waals surface area contributed by atoms with Crippen molar-refractivity contribution < 1.29 is 9.53 Å². The van der Waals surface area contributed by atoms with E-state index in [0.717, 1.165) is 20.9 Å². The van der Waals surface area contributed by atoms with Crippen LogP contribution in [0, 0.1) is 0 Å². The molecule has 112 valence electrons. The highest BCUT2D eigenvalue weighted by Gasteiger charge is 2.22. The molecule has 0 fully saturated rings. The molecular weight excluding hydrogens is 342 g/mol. The molecule has 0 atom stereocenters. The second kappa shape index (κ2) is 6.36. The predicted molar refractivity (Wildman–Crippen MR) is 91.1 cm³/mol. The van der Waals surface area contributed by atoms with Gasteiger partial charge in [0.15, 0.2) is 0 Å². The summed E-state index contributed by atoms with van der Waals surface area (Å²) >= 11 is 3.57. The standard InChI is InChI=1S/C18H16BrNO2/c1-2-22-18(21)17-16(19)14-10-6-7-11-15(14)20(17)12-13-8-4-3-5-9-13/h3-11H,2,12H2,1H3. The number of benzene rings is 2. The number of aromatic nitrogens is 1. The van der Waals surface area contributed by atoms with Gasteiger partial charge in [-0.05, 0) is 34.5 Å². The number of hydrogen-bond donors (Lipinski definition) is 0. The van der Waals surface area contributed by atoms with Crippen molar-refractivity contribution in [1.82, 2.24) is 4.57 Å². The molecular formula is C18H16BrNO2. The predicted octanol–water partition coefficient (Wildman–Crippen LogP) is 4.63. The molecule has 0 bridgehead atoms. The fourth-order valence-corrected chi connectivity index (χ4v) is 3.30. The molecule has 0 N–H and O–H groups in total. The lowest BCUT2D eigenvalue weighted by Gasteiger charge is -2.10. The smallest absolute Gasteiger partial charge is 0.356 e. The molecule has 0 saturated heterocycles. The van der Waals surface area contributed by atoms with Gasteiger partial charge in [0.1, 0.15) is 5.69 Å². The van der Waals surface area contributed by atoms with E-state index in [1.807, 2.05) is 54.0 Å². The second-order valence-corrected chi connectivity index (χ2v) is 5.76. The Hall–Kier alpha value is -2.07. The third-order valence-corrected chi connectivity index (χ3v) is 4.36. The molecule has 2 aromatic carbocycles. The first-order valence-corrected chi connectivity index (χ1v) is 7.99. The Morgan fingerprint density at radius 3 is 2.50 bits per heavy atom. The van der Waals surface area contributed by atoms with Crippen LogP contribution in [0.25, 0.3) is 10.9 Å². The molecule has 0 aliphatic rings. The summed E-state index contributed by atoms with van der Waals surface area (Å²) in [7, 11) is 0. The van der Waals surface area contributed by atoms with E-state index in [1.54, 1.807) is 0 Å². The summed E-state index contributed by atoms with van der Waals surface area (Å²) in [5.41, 5.74) is 2.72. The SMILES string of the molecule is CCOC(=O)c1c(Br)c2ccccc2n1Cc1ccccc1. The summed E-state index contributed by atoms with van der Waals surface area (Å²) in [5, 5.41) is 1.02. The average molecular weight is 358 g/mol. The number of rotatable bonds is 4. The number of ether oxygens (including phenoxy) is 1. The first kappa shape index (κ1) is 14.9. The third-order valence-electron chi connectivity index (χ3n) is 3.56. The van der Waals surface area contributed by atoms with Crippen LogP contribution in [0.3, 0.4) is 0 Å². The van der Waals surface area contributed by atoms with Crippen molar-refractivity contribution in [2.24, 2.45) is 0 Å². The van der Waals surface area contributed by atoms with Crippen molar-refractivity contribution in [3.05, 3.63) is 70.3 Å². The lowest BCUT2D eigenvalue weighted by atomic mass is 10.2. The van der Waals surface area contributed by atoms with Gasteiger partial charge >= 0.3 is 5.97 Å². The largest absolute Gasteiger partial charge is 0.461 e. The Morgan fingerprint density at radius 1 is 1.09 bits per heavy atom. The maximum atomic E-state index is 12.4. The van der Waals surface area contributed by atoms with E-state index in [4.69, 9.17) is 4.74 Å². The van der Waals surface area contributed by atoms with Crippen LogP contribution in [0.5, 0.6) is 0 Å². The van der Waals surface area contributed by atoms with Crippen LogP contribution in [-0.2, 0) is 11.3 Å². The summed E-state index contributed by atoms with van der Waals surface area (Å²) in [6, 6.07) is 18.1. The minimum Gasteiger partial charge on any atom is -0.461 e. The van der Waals surface area contributed by atoms with E-state index < -0.39 is 0 Å². The third kappa shape index (κ3) is 2.66. The van der Waals surface area contributed by atoms with Crippen molar-refractivity contribution in [3.63, 3.8) is 0 Å². The van der Waals surface area contributed by atoms with Crippen molar-refractivity contribution in [1.29, 1.82) is 0 Å². The Kier molecular flexibility index (Phi) is 4.29. The molecule has 3 aromatic rings. The second-order valence-electron chi connectivity index (χ2n) is 4.97. The molecule has 3 nitrogen and oxygen atoms in total. The highest BCUT2D eigenvalue weighted by Crippen LogP contribution is 2.32. The Balaban J connectivity index is 2.17. The van der Waals surface area contributed by atoms with Gasteiger partial charge in [-0.3, -0.25) is 0 Å². The van der Waals surface area contributed by atoms with Crippen molar-refractivity contribution in [2.45, 2.75) is 13.5 Å². The summed E-state index contributed by atoms with van der Waals surface area (Å²) in [5.74, 6) is -0.304. The molecule has 0 spiro atoms. The van der Waals surface area contributed by atoms with Gasteiger partial charge in [-0.2, -0.15) is 0 Å². The van der Waals surface area contributed by atoms with Gasteiger partial charge < -0.3 is 9.30 Å². The summed E-state index contributed by atoms with van der Waals surface area (Å²) in [6.07, 6.45) is 0. The molecule has 0 saturated carbocycles. The number of fused-ring (bicyclic) bond motifs is 1. The number of halogens is 1. The number of para-hydroxylation sites is 1. The van der Waals surface area contributed by atoms with Crippen LogP contribution < -0.4 is 0 Å². The maximum absolute atomic E-state index is 12.4. The molecule has 4 heteroatoms. The van der Waals surface area contributed by atoms with Gasteiger partial charge in [-0.1, -0.05) is 48.5 Å². The molecule has 0 radical (unpaired) electrons. The van der Waals surface area contributed by atoms with E-state index in [2.05, 4.69) is 28.1 Å². The fourth-order valence-electron chi connectivity index (χ4n) is 2.59. The molecule has 0 aliphatic heterocycles. The number of nitrogens with zero attached hydrogens (tertiary/aromatic N) is 1. The summed E-state index contributed by atoms with van der Waals surface area (Å²) in [4.78, 5) is 12.4. The van der Waals surface area contributed by atoms with E-state index in [0.29, 0.717) is 18.8 Å². The Labute approximate surface area is 137 Å². The number of carbonyl (C=O) groups is 1. The lowest BCUT2D eigenvalue weighted by molar-refractivity contribution is 0.0514. The average Bonchev–Trinajstić information content (AvgIpc) is 2.82. The van der Waals surface area contributed by atoms with Crippen LogP contribution in [0.2, 0.25) is 0 Å². The van der Waals surface area contributed by atoms with E-state index in [9.17, 15) is 4.79 Å². The number of esters is 1. The Morgan fingerprint density at radius 2 is 1.77 bits per heavy atom. The number of hydrogen-bond acceptors (Lipinski definition) is 2. The van der Waals surface area contributed by atoms with Gasteiger partial charge in [-0.15, -0.1) is 0 Å². The van der Waals surface area contributed by atoms with Crippen molar-refractivity contribution in [2.75, 3.05) is 6.61 Å². The maximum Gasteiger partial charge on any atom is 0.356 e. The van der Waals surface area contributed by atoms with Crippen LogP contribution in [0.4, 0.5) is 0 Å². The van der Waals surface area contributed by atoms with Gasteiger partial charge in [0.25, 0.3) is 0 Å². The van der Waals surface area contributed by atoms with Crippen LogP contribution >= 0.6 is 15.9 Å². The zero-order valence-electron chi connectivity index (χ0n) is 12.3. The summed E-state index contributed by atoms with van der Waals surface area (Å²) < 4.78 is 8.02. The van der Waals surface area contributed by atoms with Crippen molar-refractivity contribution >= 4 is 32.8 Å². The topological polar surface area (TPSA) is 31.2 Å². The van der Waals surface area contributed by atoms with E-state index in [1.165, 1.54) is 0 Å². The van der Waals surface area contributed by atoms with Crippen LogP contribution in [-0.4, -0.2) is 17.1 Å². The van der Waals surface area contributed by atoms with Gasteiger partial charge in [0.2, 0.25) is 0 Å². The molecule has 22 heavy (non-hydrogen) atoms. The minimum absolute atomic E-state index is 0.304. The lowest BCUT2D eigenvalue weighted by Crippen LogP contribution is -2.13. The molecule has 0 aliphatic carbocycles. The molecule has 1 heterocycles. The number of carbonyl (C=O) groups excluding carboxylic acids is 1. The quantitative estimate of drug-likeness (QED) is 0.637. The first-order chi connectivity index (χ1) is 10.7. The first-order valence-electron chi connectivity index (χ1n) is 7.20. The zero-order valence-corrected chi connectivity index (χ0v) is 13.8. The fraction of sp³-hybridized carbons (Fsp3) is 0.167. The van der Waals surface area contributed by atoms with Crippen LogP contribution in [0.1, 0.15) is 23.0 Å². The monoisotopic (exact) mass is 357 g/mol. The molecule has 0 unspecified atom stereocenters. The normalized spacial score (nSPS) is 10.8. The summed E-state index contributed by atoms with van der Waals surface area (Å²) in [6.45, 7) is 2.80. The zero-order chi connectivity index (χ0) is 15.5. The van der Waals surface area contributed by atoms with Gasteiger partial charge in [0.05, 0.1) is 16.6 Å². The Bertz CT molecular complexity index is 809. The molecule has 0 amide bonds. The minimum atomic E-state index is -0.304. The van der Waals surface area contributed by atoms with E-state index >= 15 is 0 Å². The van der Waals surface area contributed by atoms with Gasteiger partial charge in [-0.25, -0.2) is 4.79 Å². The van der Waals surface area contributed by atoms with Crippen molar-refractivity contribution in [3.8, 4) is 0 Å². The highest BCUT2D eigenvalue weighted by atomic mass is 79.9. The van der Waals surface area contributed by atoms with E-state index in [-0.39, 0.29) is 5.97 Å².